The zero-order chi connectivity index (χ0) is 7.40. The third kappa shape index (κ3) is 1.67. The number of hydrogen-bond donors (Lipinski definition) is 1. The predicted octanol–water partition coefficient (Wildman–Crippen LogP) is 2.01. The lowest BCUT2D eigenvalue weighted by atomic mass is 10.1. The molecular weight excluding hydrogens is 142 g/mol. The molecule has 2 N–H and O–H groups in total. The third-order valence-corrected chi connectivity index (χ3v) is 1.63. The van der Waals surface area contributed by atoms with Crippen LogP contribution in [0.4, 0.5) is 5.69 Å². The van der Waals surface area contributed by atoms with E-state index in [9.17, 15) is 0 Å². The van der Waals surface area contributed by atoms with Gasteiger partial charge in [0.05, 0.1) is 0 Å². The third-order valence-electron chi connectivity index (χ3n) is 1.43. The van der Waals surface area contributed by atoms with Crippen LogP contribution in [0.5, 0.6) is 0 Å². The van der Waals surface area contributed by atoms with Crippen molar-refractivity contribution >= 4 is 18.3 Å². The molecule has 0 saturated heterocycles. The standard InChI is InChI=1S/C8H10NS/c9-8-4-2-1-3-7(8)5-6-10/h1-4H,5-6,9H2. The van der Waals surface area contributed by atoms with E-state index in [-0.39, 0.29) is 0 Å². The van der Waals surface area contributed by atoms with Gasteiger partial charge in [-0.3, -0.25) is 0 Å². The summed E-state index contributed by atoms with van der Waals surface area (Å²) < 4.78 is 0. The number of para-hydroxylation sites is 1. The molecule has 53 valence electrons. The van der Waals surface area contributed by atoms with Crippen LogP contribution in [0.1, 0.15) is 5.56 Å². The van der Waals surface area contributed by atoms with Crippen molar-refractivity contribution in [2.75, 3.05) is 11.5 Å². The van der Waals surface area contributed by atoms with Crippen LogP contribution < -0.4 is 5.73 Å². The first-order valence-electron chi connectivity index (χ1n) is 3.26. The molecule has 0 aliphatic carbocycles. The maximum absolute atomic E-state index is 5.66. The van der Waals surface area contributed by atoms with E-state index < -0.39 is 0 Å². The van der Waals surface area contributed by atoms with E-state index in [2.05, 4.69) is 0 Å². The Morgan fingerprint density at radius 2 is 2.00 bits per heavy atom. The summed E-state index contributed by atoms with van der Waals surface area (Å²) in [5, 5.41) is 0. The van der Waals surface area contributed by atoms with E-state index in [4.69, 9.17) is 18.4 Å². The van der Waals surface area contributed by atoms with Crippen molar-refractivity contribution in [3.63, 3.8) is 0 Å². The number of anilines is 1. The van der Waals surface area contributed by atoms with E-state index in [1.165, 1.54) is 0 Å². The SMILES string of the molecule is Nc1ccccc1CC[S]. The van der Waals surface area contributed by atoms with E-state index in [1.54, 1.807) is 0 Å². The quantitative estimate of drug-likeness (QED) is 0.644. The van der Waals surface area contributed by atoms with E-state index in [0.717, 1.165) is 23.4 Å². The highest BCUT2D eigenvalue weighted by molar-refractivity contribution is 7.80. The molecule has 10 heavy (non-hydrogen) atoms. The van der Waals surface area contributed by atoms with Crippen molar-refractivity contribution in [1.82, 2.24) is 0 Å². The molecule has 0 aliphatic rings. The lowest BCUT2D eigenvalue weighted by Crippen LogP contribution is -1.93. The molecule has 0 amide bonds. The van der Waals surface area contributed by atoms with Crippen LogP contribution in [-0.2, 0) is 6.42 Å². The Kier molecular flexibility index (Phi) is 2.63. The minimum absolute atomic E-state index is 0.744. The molecule has 0 heterocycles. The maximum atomic E-state index is 5.66. The number of hydrogen-bond acceptors (Lipinski definition) is 1. The van der Waals surface area contributed by atoms with Crippen LogP contribution >= 0.6 is 12.6 Å². The summed E-state index contributed by atoms with van der Waals surface area (Å²) in [6.45, 7) is 0. The molecule has 0 spiro atoms. The van der Waals surface area contributed by atoms with Crippen molar-refractivity contribution in [1.29, 1.82) is 0 Å². The highest BCUT2D eigenvalue weighted by atomic mass is 32.1. The molecule has 0 fully saturated rings. The zero-order valence-corrected chi connectivity index (χ0v) is 6.53. The van der Waals surface area contributed by atoms with Gasteiger partial charge in [-0.2, -0.15) is 0 Å². The summed E-state index contributed by atoms with van der Waals surface area (Å²) in [5.74, 6) is 0.744. The Morgan fingerprint density at radius 3 is 2.60 bits per heavy atom. The van der Waals surface area contributed by atoms with Crippen LogP contribution in [0.25, 0.3) is 0 Å². The molecule has 2 heteroatoms. The monoisotopic (exact) mass is 152 g/mol. The Morgan fingerprint density at radius 1 is 1.30 bits per heavy atom. The van der Waals surface area contributed by atoms with Gasteiger partial charge < -0.3 is 5.73 Å². The average Bonchev–Trinajstić information content (AvgIpc) is 1.94. The smallest absolute Gasteiger partial charge is 0.0346 e. The highest BCUT2D eigenvalue weighted by Crippen LogP contribution is 2.10. The molecule has 1 nitrogen and oxygen atoms in total. The second-order valence-electron chi connectivity index (χ2n) is 2.15. The first-order valence-corrected chi connectivity index (χ1v) is 3.84. The van der Waals surface area contributed by atoms with Gasteiger partial charge in [-0.1, -0.05) is 30.8 Å². The fraction of sp³-hybridized carbons (Fsp3) is 0.250. The predicted molar refractivity (Wildman–Crippen MR) is 47.0 cm³/mol. The zero-order valence-electron chi connectivity index (χ0n) is 5.71. The van der Waals surface area contributed by atoms with Crippen molar-refractivity contribution in [2.45, 2.75) is 6.42 Å². The number of benzene rings is 1. The topological polar surface area (TPSA) is 26.0 Å². The minimum atomic E-state index is 0.744. The van der Waals surface area contributed by atoms with Crippen LogP contribution in [0.15, 0.2) is 24.3 Å². The highest BCUT2D eigenvalue weighted by Gasteiger charge is 1.93. The summed E-state index contributed by atoms with van der Waals surface area (Å²) in [5.41, 5.74) is 7.68. The summed E-state index contributed by atoms with van der Waals surface area (Å²) in [6, 6.07) is 7.83. The molecule has 0 atom stereocenters. The van der Waals surface area contributed by atoms with Gasteiger partial charge in [0.1, 0.15) is 0 Å². The molecule has 0 aromatic heterocycles. The fourth-order valence-electron chi connectivity index (χ4n) is 0.872. The van der Waals surface area contributed by atoms with Crippen molar-refractivity contribution in [3.8, 4) is 0 Å². The molecule has 0 unspecified atom stereocenters. The van der Waals surface area contributed by atoms with Crippen LogP contribution in [-0.4, -0.2) is 5.75 Å². The minimum Gasteiger partial charge on any atom is -0.399 e. The van der Waals surface area contributed by atoms with Gasteiger partial charge in [-0.15, -0.1) is 0 Å². The van der Waals surface area contributed by atoms with Crippen LogP contribution in [0, 0.1) is 0 Å². The Balaban J connectivity index is 2.81. The summed E-state index contributed by atoms with van der Waals surface area (Å²) in [4.78, 5) is 0. The van der Waals surface area contributed by atoms with Crippen LogP contribution in [0.2, 0.25) is 0 Å². The average molecular weight is 152 g/mol. The normalized spacial score (nSPS) is 9.70. The van der Waals surface area contributed by atoms with Gasteiger partial charge >= 0.3 is 0 Å². The molecule has 1 aromatic carbocycles. The Labute approximate surface area is 66.7 Å². The number of nitrogens with two attached hydrogens (primary N) is 1. The van der Waals surface area contributed by atoms with Gasteiger partial charge in [-0.05, 0) is 18.1 Å². The largest absolute Gasteiger partial charge is 0.399 e. The van der Waals surface area contributed by atoms with Crippen molar-refractivity contribution in [3.05, 3.63) is 29.8 Å². The van der Waals surface area contributed by atoms with Gasteiger partial charge in [0, 0.05) is 11.4 Å². The Hall–Kier alpha value is -0.630. The lowest BCUT2D eigenvalue weighted by Gasteiger charge is -2.00. The van der Waals surface area contributed by atoms with E-state index >= 15 is 0 Å². The molecule has 0 aliphatic heterocycles. The number of aryl methyl sites for hydroxylation is 1. The summed E-state index contributed by atoms with van der Waals surface area (Å²) >= 11 is 4.84. The number of rotatable bonds is 2. The molecule has 0 saturated carbocycles. The second kappa shape index (κ2) is 3.52. The van der Waals surface area contributed by atoms with Crippen molar-refractivity contribution in [2.24, 2.45) is 0 Å². The molecule has 1 aromatic rings. The van der Waals surface area contributed by atoms with Crippen LogP contribution in [0.3, 0.4) is 0 Å². The van der Waals surface area contributed by atoms with Gasteiger partial charge in [0.2, 0.25) is 0 Å². The first-order chi connectivity index (χ1) is 4.84. The number of nitrogen functional groups attached to an aromatic ring is 1. The second-order valence-corrected chi connectivity index (χ2v) is 2.56. The summed E-state index contributed by atoms with van der Waals surface area (Å²) in [7, 11) is 0. The first kappa shape index (κ1) is 7.48. The molecule has 1 rings (SSSR count). The summed E-state index contributed by atoms with van der Waals surface area (Å²) in [6.07, 6.45) is 0.905. The maximum Gasteiger partial charge on any atom is 0.0346 e. The van der Waals surface area contributed by atoms with Gasteiger partial charge in [-0.25, -0.2) is 0 Å². The fourth-order valence-corrected chi connectivity index (χ4v) is 1.09. The lowest BCUT2D eigenvalue weighted by molar-refractivity contribution is 1.17. The molecule has 1 radical (unpaired) electrons. The van der Waals surface area contributed by atoms with Crippen molar-refractivity contribution < 1.29 is 0 Å². The van der Waals surface area contributed by atoms with Gasteiger partial charge in [0.15, 0.2) is 0 Å². The van der Waals surface area contributed by atoms with E-state index in [1.807, 2.05) is 24.3 Å². The Bertz CT molecular complexity index is 210. The van der Waals surface area contributed by atoms with E-state index in [0.29, 0.717) is 0 Å². The molecule has 0 bridgehead atoms. The molecular formula is C8H10NS. The van der Waals surface area contributed by atoms with Gasteiger partial charge in [0.25, 0.3) is 0 Å².